The summed E-state index contributed by atoms with van der Waals surface area (Å²) < 4.78 is 6.05. The van der Waals surface area contributed by atoms with E-state index in [0.29, 0.717) is 6.61 Å². The van der Waals surface area contributed by atoms with Gasteiger partial charge in [-0.25, -0.2) is 4.79 Å². The van der Waals surface area contributed by atoms with Crippen LogP contribution in [-0.4, -0.2) is 12.7 Å². The smallest absolute Gasteiger partial charge is 0.411 e. The van der Waals surface area contributed by atoms with Crippen LogP contribution in [0.5, 0.6) is 0 Å². The molecule has 1 amide bonds. The van der Waals surface area contributed by atoms with Crippen LogP contribution in [0.25, 0.3) is 10.1 Å². The Kier molecular flexibility index (Phi) is 3.10. The highest BCUT2D eigenvalue weighted by Gasteiger charge is 2.04. The van der Waals surface area contributed by atoms with Gasteiger partial charge < -0.3 is 4.74 Å². The van der Waals surface area contributed by atoms with Crippen LogP contribution in [0.4, 0.5) is 10.5 Å². The highest BCUT2D eigenvalue weighted by molar-refractivity contribution is 7.17. The molecule has 1 N–H and O–H groups in total. The second-order valence-corrected chi connectivity index (χ2v) is 4.39. The molecule has 0 saturated carbocycles. The first-order chi connectivity index (χ1) is 7.70. The molecule has 0 spiro atoms. The molecule has 0 radical (unpaired) electrons. The van der Waals surface area contributed by atoms with Crippen molar-refractivity contribution in [2.75, 3.05) is 11.9 Å². The first-order valence-electron chi connectivity index (χ1n) is 5.12. The van der Waals surface area contributed by atoms with Gasteiger partial charge in [-0.2, -0.15) is 0 Å². The van der Waals surface area contributed by atoms with Crippen LogP contribution in [0.15, 0.2) is 23.6 Å². The molecule has 1 aromatic carbocycles. The van der Waals surface area contributed by atoms with Crippen molar-refractivity contribution in [3.63, 3.8) is 0 Å². The van der Waals surface area contributed by atoms with E-state index in [4.69, 9.17) is 4.74 Å². The van der Waals surface area contributed by atoms with Crippen molar-refractivity contribution in [2.24, 2.45) is 0 Å². The number of thiophene rings is 1. The number of amides is 1. The average Bonchev–Trinajstić information content (AvgIpc) is 2.61. The first-order valence-corrected chi connectivity index (χ1v) is 6.00. The van der Waals surface area contributed by atoms with Gasteiger partial charge in [0.1, 0.15) is 0 Å². The molecule has 0 atom stereocenters. The zero-order chi connectivity index (χ0) is 11.5. The summed E-state index contributed by atoms with van der Waals surface area (Å²) in [6, 6.07) is 5.86. The quantitative estimate of drug-likeness (QED) is 0.860. The lowest BCUT2D eigenvalue weighted by Gasteiger charge is -2.05. The third kappa shape index (κ3) is 2.17. The fourth-order valence-electron chi connectivity index (χ4n) is 1.52. The standard InChI is InChI=1S/C12H13NO2S/c1-3-15-12(14)13-9-4-5-11-10(6-9)8(2)7-16-11/h4-7H,3H2,1-2H3,(H,13,14). The van der Waals surface area contributed by atoms with Gasteiger partial charge >= 0.3 is 6.09 Å². The van der Waals surface area contributed by atoms with Crippen molar-refractivity contribution >= 4 is 33.2 Å². The maximum Gasteiger partial charge on any atom is 0.411 e. The number of anilines is 1. The van der Waals surface area contributed by atoms with Crippen LogP contribution in [0.1, 0.15) is 12.5 Å². The Morgan fingerprint density at radius 3 is 3.06 bits per heavy atom. The van der Waals surface area contributed by atoms with Gasteiger partial charge in [-0.05, 0) is 48.4 Å². The number of benzene rings is 1. The molecule has 1 heterocycles. The summed E-state index contributed by atoms with van der Waals surface area (Å²) in [6.45, 7) is 4.23. The molecule has 0 aliphatic heterocycles. The highest BCUT2D eigenvalue weighted by atomic mass is 32.1. The minimum Gasteiger partial charge on any atom is -0.450 e. The summed E-state index contributed by atoms with van der Waals surface area (Å²) >= 11 is 1.71. The molecule has 3 nitrogen and oxygen atoms in total. The van der Waals surface area contributed by atoms with E-state index in [2.05, 4.69) is 17.6 Å². The maximum absolute atomic E-state index is 11.2. The average molecular weight is 235 g/mol. The molecule has 84 valence electrons. The van der Waals surface area contributed by atoms with Gasteiger partial charge in [0.15, 0.2) is 0 Å². The number of carbonyl (C=O) groups is 1. The lowest BCUT2D eigenvalue weighted by molar-refractivity contribution is 0.168. The largest absolute Gasteiger partial charge is 0.450 e. The van der Waals surface area contributed by atoms with Crippen LogP contribution in [0, 0.1) is 6.92 Å². The number of hydrogen-bond donors (Lipinski definition) is 1. The van der Waals surface area contributed by atoms with Crippen LogP contribution in [0.3, 0.4) is 0 Å². The molecule has 2 aromatic rings. The summed E-state index contributed by atoms with van der Waals surface area (Å²) in [5.41, 5.74) is 2.00. The molecular formula is C12H13NO2S. The Morgan fingerprint density at radius 1 is 1.50 bits per heavy atom. The second kappa shape index (κ2) is 4.53. The monoisotopic (exact) mass is 235 g/mol. The molecule has 0 unspecified atom stereocenters. The predicted molar refractivity (Wildman–Crippen MR) is 67.2 cm³/mol. The van der Waals surface area contributed by atoms with Crippen molar-refractivity contribution in [2.45, 2.75) is 13.8 Å². The number of fused-ring (bicyclic) bond motifs is 1. The van der Waals surface area contributed by atoms with Crippen molar-refractivity contribution < 1.29 is 9.53 Å². The van der Waals surface area contributed by atoms with Gasteiger partial charge in [0, 0.05) is 10.4 Å². The zero-order valence-corrected chi connectivity index (χ0v) is 10.1. The van der Waals surface area contributed by atoms with Gasteiger partial charge in [-0.3, -0.25) is 5.32 Å². The van der Waals surface area contributed by atoms with E-state index < -0.39 is 6.09 Å². The van der Waals surface area contributed by atoms with Crippen molar-refractivity contribution in [1.29, 1.82) is 0 Å². The first kappa shape index (κ1) is 11.0. The molecule has 4 heteroatoms. The van der Waals surface area contributed by atoms with E-state index in [1.165, 1.54) is 15.6 Å². The van der Waals surface area contributed by atoms with Gasteiger partial charge in [-0.1, -0.05) is 0 Å². The Bertz CT molecular complexity index is 519. The molecule has 1 aromatic heterocycles. The van der Waals surface area contributed by atoms with Crippen LogP contribution in [-0.2, 0) is 4.74 Å². The third-order valence-corrected chi connectivity index (χ3v) is 3.37. The van der Waals surface area contributed by atoms with Crippen LogP contribution in [0.2, 0.25) is 0 Å². The molecule has 0 fully saturated rings. The van der Waals surface area contributed by atoms with Crippen LogP contribution < -0.4 is 5.32 Å². The van der Waals surface area contributed by atoms with E-state index in [1.807, 2.05) is 18.2 Å². The van der Waals surface area contributed by atoms with Gasteiger partial charge in [0.2, 0.25) is 0 Å². The number of hydrogen-bond acceptors (Lipinski definition) is 3. The second-order valence-electron chi connectivity index (χ2n) is 3.48. The predicted octanol–water partition coefficient (Wildman–Crippen LogP) is 3.78. The topological polar surface area (TPSA) is 38.3 Å². The lowest BCUT2D eigenvalue weighted by atomic mass is 10.2. The van der Waals surface area contributed by atoms with Gasteiger partial charge in [0.05, 0.1) is 6.61 Å². The zero-order valence-electron chi connectivity index (χ0n) is 9.24. The SMILES string of the molecule is CCOC(=O)Nc1ccc2scc(C)c2c1. The fourth-order valence-corrected chi connectivity index (χ4v) is 2.44. The molecule has 0 saturated heterocycles. The summed E-state index contributed by atoms with van der Waals surface area (Å²) in [4.78, 5) is 11.2. The molecule has 16 heavy (non-hydrogen) atoms. The summed E-state index contributed by atoms with van der Waals surface area (Å²) in [5.74, 6) is 0. The third-order valence-electron chi connectivity index (χ3n) is 2.29. The number of ether oxygens (including phenoxy) is 1. The van der Waals surface area contributed by atoms with E-state index in [9.17, 15) is 4.79 Å². The molecule has 0 bridgehead atoms. The van der Waals surface area contributed by atoms with E-state index >= 15 is 0 Å². The Labute approximate surface area is 98.0 Å². The van der Waals surface area contributed by atoms with Crippen molar-refractivity contribution in [3.05, 3.63) is 29.1 Å². The van der Waals surface area contributed by atoms with Crippen molar-refractivity contribution in [1.82, 2.24) is 0 Å². The minimum absolute atomic E-state index is 0.381. The van der Waals surface area contributed by atoms with E-state index in [1.54, 1.807) is 18.3 Å². The highest BCUT2D eigenvalue weighted by Crippen LogP contribution is 2.27. The Balaban J connectivity index is 2.25. The lowest BCUT2D eigenvalue weighted by Crippen LogP contribution is -2.12. The van der Waals surface area contributed by atoms with Gasteiger partial charge in [0.25, 0.3) is 0 Å². The van der Waals surface area contributed by atoms with Gasteiger partial charge in [-0.15, -0.1) is 11.3 Å². The summed E-state index contributed by atoms with van der Waals surface area (Å²) in [5, 5.41) is 5.99. The normalized spacial score (nSPS) is 10.4. The van der Waals surface area contributed by atoms with E-state index in [0.717, 1.165) is 5.69 Å². The number of aryl methyl sites for hydroxylation is 1. The fraction of sp³-hybridized carbons (Fsp3) is 0.250. The maximum atomic E-state index is 11.2. The molecule has 2 rings (SSSR count). The number of nitrogens with one attached hydrogen (secondary N) is 1. The summed E-state index contributed by atoms with van der Waals surface area (Å²) in [6.07, 6.45) is -0.408. The summed E-state index contributed by atoms with van der Waals surface area (Å²) in [7, 11) is 0. The van der Waals surface area contributed by atoms with E-state index in [-0.39, 0.29) is 0 Å². The molecule has 0 aliphatic carbocycles. The number of rotatable bonds is 2. The molecule has 0 aliphatic rings. The molecular weight excluding hydrogens is 222 g/mol. The minimum atomic E-state index is -0.408. The van der Waals surface area contributed by atoms with Crippen molar-refractivity contribution in [3.8, 4) is 0 Å². The number of carbonyl (C=O) groups excluding carboxylic acids is 1. The van der Waals surface area contributed by atoms with Crippen LogP contribution >= 0.6 is 11.3 Å². The Hall–Kier alpha value is -1.55. The Morgan fingerprint density at radius 2 is 2.31 bits per heavy atom.